The second-order valence-corrected chi connectivity index (χ2v) is 3.57. The lowest BCUT2D eigenvalue weighted by atomic mass is 9.89. The minimum absolute atomic E-state index is 0.397. The number of hydrogen-bond acceptors (Lipinski definition) is 2. The Hall–Kier alpha value is -1.77. The average Bonchev–Trinajstić information content (AvgIpc) is 2.27. The summed E-state index contributed by atoms with van der Waals surface area (Å²) in [7, 11) is 1.62. The van der Waals surface area contributed by atoms with E-state index in [-0.39, 0.29) is 0 Å². The SMILES string of the molecule is COc1ccc2c(c1)C=CC(C(=O)O)C2. The number of carbonyl (C=O) groups is 1. The van der Waals surface area contributed by atoms with Gasteiger partial charge in [0.2, 0.25) is 0 Å². The first-order chi connectivity index (χ1) is 7.20. The number of benzene rings is 1. The molecule has 0 aliphatic heterocycles. The molecule has 1 atom stereocenters. The molecule has 0 saturated carbocycles. The van der Waals surface area contributed by atoms with Crippen molar-refractivity contribution in [2.24, 2.45) is 5.92 Å². The van der Waals surface area contributed by atoms with E-state index in [0.717, 1.165) is 16.9 Å². The third-order valence-corrected chi connectivity index (χ3v) is 2.62. The molecule has 0 saturated heterocycles. The molecule has 0 amide bonds. The topological polar surface area (TPSA) is 46.5 Å². The van der Waals surface area contributed by atoms with Crippen LogP contribution in [-0.4, -0.2) is 18.2 Å². The number of hydrogen-bond donors (Lipinski definition) is 1. The number of fused-ring (bicyclic) bond motifs is 1. The van der Waals surface area contributed by atoms with Crippen LogP contribution in [0.25, 0.3) is 6.08 Å². The minimum Gasteiger partial charge on any atom is -0.497 e. The summed E-state index contributed by atoms with van der Waals surface area (Å²) in [6.45, 7) is 0. The fourth-order valence-corrected chi connectivity index (χ4v) is 1.74. The Balaban J connectivity index is 2.32. The van der Waals surface area contributed by atoms with Gasteiger partial charge in [0.15, 0.2) is 0 Å². The van der Waals surface area contributed by atoms with Crippen molar-refractivity contribution in [1.82, 2.24) is 0 Å². The van der Waals surface area contributed by atoms with Gasteiger partial charge in [-0.05, 0) is 29.7 Å². The van der Waals surface area contributed by atoms with Gasteiger partial charge in [-0.15, -0.1) is 0 Å². The first kappa shape index (κ1) is 9.77. The van der Waals surface area contributed by atoms with Gasteiger partial charge in [0.1, 0.15) is 5.75 Å². The van der Waals surface area contributed by atoms with Crippen LogP contribution in [0.15, 0.2) is 24.3 Å². The molecule has 0 spiro atoms. The van der Waals surface area contributed by atoms with Crippen molar-refractivity contribution in [3.05, 3.63) is 35.4 Å². The van der Waals surface area contributed by atoms with Crippen molar-refractivity contribution in [2.75, 3.05) is 7.11 Å². The quantitative estimate of drug-likeness (QED) is 0.801. The number of carboxylic acids is 1. The molecule has 0 aromatic heterocycles. The van der Waals surface area contributed by atoms with E-state index in [4.69, 9.17) is 9.84 Å². The van der Waals surface area contributed by atoms with Gasteiger partial charge >= 0.3 is 5.97 Å². The van der Waals surface area contributed by atoms with Gasteiger partial charge in [-0.2, -0.15) is 0 Å². The van der Waals surface area contributed by atoms with Crippen molar-refractivity contribution in [2.45, 2.75) is 6.42 Å². The van der Waals surface area contributed by atoms with Crippen molar-refractivity contribution >= 4 is 12.0 Å². The molecule has 2 rings (SSSR count). The van der Waals surface area contributed by atoms with Gasteiger partial charge in [-0.3, -0.25) is 4.79 Å². The number of methoxy groups -OCH3 is 1. The van der Waals surface area contributed by atoms with E-state index in [0.29, 0.717) is 6.42 Å². The molecular weight excluding hydrogens is 192 g/mol. The Morgan fingerprint density at radius 2 is 2.33 bits per heavy atom. The van der Waals surface area contributed by atoms with Crippen molar-refractivity contribution in [3.63, 3.8) is 0 Å². The molecule has 0 heterocycles. The van der Waals surface area contributed by atoms with Gasteiger partial charge in [-0.1, -0.05) is 18.2 Å². The monoisotopic (exact) mass is 204 g/mol. The first-order valence-electron chi connectivity index (χ1n) is 4.78. The van der Waals surface area contributed by atoms with Crippen LogP contribution in [0.1, 0.15) is 11.1 Å². The zero-order valence-corrected chi connectivity index (χ0v) is 8.43. The molecule has 15 heavy (non-hydrogen) atoms. The molecule has 1 unspecified atom stereocenters. The van der Waals surface area contributed by atoms with Gasteiger partial charge in [0.05, 0.1) is 13.0 Å². The molecule has 1 aliphatic rings. The van der Waals surface area contributed by atoms with Crippen LogP contribution >= 0.6 is 0 Å². The van der Waals surface area contributed by atoms with Gasteiger partial charge in [0.25, 0.3) is 0 Å². The fraction of sp³-hybridized carbons (Fsp3) is 0.250. The van der Waals surface area contributed by atoms with Gasteiger partial charge < -0.3 is 9.84 Å². The summed E-state index contributed by atoms with van der Waals surface area (Å²) in [6.07, 6.45) is 4.13. The highest BCUT2D eigenvalue weighted by molar-refractivity contribution is 5.76. The molecule has 3 heteroatoms. The second kappa shape index (κ2) is 3.77. The lowest BCUT2D eigenvalue weighted by Gasteiger charge is -2.16. The summed E-state index contributed by atoms with van der Waals surface area (Å²) in [5.74, 6) is -0.370. The maximum absolute atomic E-state index is 10.8. The van der Waals surface area contributed by atoms with E-state index in [2.05, 4.69) is 0 Å². The lowest BCUT2D eigenvalue weighted by Crippen LogP contribution is -2.16. The number of ether oxygens (including phenoxy) is 1. The van der Waals surface area contributed by atoms with Crippen LogP contribution in [0, 0.1) is 5.92 Å². The smallest absolute Gasteiger partial charge is 0.310 e. The minimum atomic E-state index is -0.771. The Kier molecular flexibility index (Phi) is 2.46. The van der Waals surface area contributed by atoms with Crippen LogP contribution in [0.2, 0.25) is 0 Å². The maximum atomic E-state index is 10.8. The zero-order valence-electron chi connectivity index (χ0n) is 8.43. The largest absolute Gasteiger partial charge is 0.497 e. The van der Waals surface area contributed by atoms with Crippen LogP contribution in [-0.2, 0) is 11.2 Å². The highest BCUT2D eigenvalue weighted by atomic mass is 16.5. The molecule has 1 N–H and O–H groups in total. The molecule has 1 aliphatic carbocycles. The highest BCUT2D eigenvalue weighted by Gasteiger charge is 2.19. The summed E-state index contributed by atoms with van der Waals surface area (Å²) in [5, 5.41) is 8.89. The van der Waals surface area contributed by atoms with E-state index >= 15 is 0 Å². The molecular formula is C12H12O3. The van der Waals surface area contributed by atoms with Crippen LogP contribution in [0.3, 0.4) is 0 Å². The van der Waals surface area contributed by atoms with Crippen LogP contribution < -0.4 is 4.74 Å². The first-order valence-corrected chi connectivity index (χ1v) is 4.78. The Bertz CT molecular complexity index is 421. The molecule has 1 aromatic rings. The second-order valence-electron chi connectivity index (χ2n) is 3.57. The van der Waals surface area contributed by atoms with Crippen LogP contribution in [0.5, 0.6) is 5.75 Å². The third-order valence-electron chi connectivity index (χ3n) is 2.62. The summed E-state index contributed by atoms with van der Waals surface area (Å²) < 4.78 is 5.10. The van der Waals surface area contributed by atoms with Crippen molar-refractivity contribution < 1.29 is 14.6 Å². The van der Waals surface area contributed by atoms with E-state index in [1.54, 1.807) is 13.2 Å². The highest BCUT2D eigenvalue weighted by Crippen LogP contribution is 2.26. The molecule has 0 radical (unpaired) electrons. The van der Waals surface area contributed by atoms with E-state index in [1.807, 2.05) is 24.3 Å². The van der Waals surface area contributed by atoms with Crippen molar-refractivity contribution in [3.8, 4) is 5.75 Å². The zero-order chi connectivity index (χ0) is 10.8. The molecule has 3 nitrogen and oxygen atoms in total. The Labute approximate surface area is 88.0 Å². The Morgan fingerprint density at radius 3 is 3.00 bits per heavy atom. The maximum Gasteiger partial charge on any atom is 0.310 e. The predicted octanol–water partition coefficient (Wildman–Crippen LogP) is 1.97. The van der Waals surface area contributed by atoms with Crippen molar-refractivity contribution in [1.29, 1.82) is 0 Å². The number of carboxylic acid groups (broad SMARTS) is 1. The number of rotatable bonds is 2. The molecule has 0 fully saturated rings. The Morgan fingerprint density at radius 1 is 1.53 bits per heavy atom. The average molecular weight is 204 g/mol. The molecule has 1 aromatic carbocycles. The lowest BCUT2D eigenvalue weighted by molar-refractivity contribution is -0.140. The van der Waals surface area contributed by atoms with Crippen LogP contribution in [0.4, 0.5) is 0 Å². The van der Waals surface area contributed by atoms with E-state index < -0.39 is 11.9 Å². The molecule has 0 bridgehead atoms. The summed E-state index contributed by atoms with van der Waals surface area (Å²) >= 11 is 0. The van der Waals surface area contributed by atoms with E-state index in [1.165, 1.54) is 0 Å². The third kappa shape index (κ3) is 1.86. The predicted molar refractivity (Wildman–Crippen MR) is 56.9 cm³/mol. The fourth-order valence-electron chi connectivity index (χ4n) is 1.74. The normalized spacial score (nSPS) is 18.3. The van der Waals surface area contributed by atoms with Gasteiger partial charge in [0, 0.05) is 0 Å². The summed E-state index contributed by atoms with van der Waals surface area (Å²) in [4.78, 5) is 10.8. The number of aliphatic carboxylic acids is 1. The molecule has 78 valence electrons. The van der Waals surface area contributed by atoms with E-state index in [9.17, 15) is 4.79 Å². The summed E-state index contributed by atoms with van der Waals surface area (Å²) in [5.41, 5.74) is 2.11. The van der Waals surface area contributed by atoms with Gasteiger partial charge in [-0.25, -0.2) is 0 Å². The summed E-state index contributed by atoms with van der Waals surface area (Å²) in [6, 6.07) is 5.70. The standard InChI is InChI=1S/C12H12O3/c1-15-11-5-4-8-6-10(12(13)14)3-2-9(8)7-11/h2-5,7,10H,6H2,1H3,(H,13,14).